The van der Waals surface area contributed by atoms with Crippen molar-refractivity contribution in [2.24, 2.45) is 10.9 Å². The van der Waals surface area contributed by atoms with Gasteiger partial charge in [-0.3, -0.25) is 0 Å². The molecule has 2 N–H and O–H groups in total. The molecular formula is C19H28F2N4O3. The zero-order valence-corrected chi connectivity index (χ0v) is 16.5. The summed E-state index contributed by atoms with van der Waals surface area (Å²) in [5.41, 5.74) is 0.508. The van der Waals surface area contributed by atoms with Gasteiger partial charge in [0.05, 0.1) is 6.54 Å². The highest BCUT2D eigenvalue weighted by molar-refractivity contribution is 5.79. The van der Waals surface area contributed by atoms with E-state index in [0.29, 0.717) is 41.5 Å². The van der Waals surface area contributed by atoms with E-state index < -0.39 is 6.61 Å². The van der Waals surface area contributed by atoms with E-state index >= 15 is 0 Å². The average molecular weight is 398 g/mol. The number of halogens is 2. The van der Waals surface area contributed by atoms with Crippen LogP contribution in [0.1, 0.15) is 25.3 Å². The predicted molar refractivity (Wildman–Crippen MR) is 102 cm³/mol. The first-order valence-corrected chi connectivity index (χ1v) is 9.53. The van der Waals surface area contributed by atoms with E-state index in [4.69, 9.17) is 9.47 Å². The Balaban J connectivity index is 1.71. The molecule has 0 spiro atoms. The molecule has 1 unspecified atom stereocenters. The summed E-state index contributed by atoms with van der Waals surface area (Å²) in [6, 6.07) is 3.50. The summed E-state index contributed by atoms with van der Waals surface area (Å²) in [7, 11) is 4.16. The molecule has 0 radical (unpaired) electrons. The van der Waals surface area contributed by atoms with Crippen LogP contribution in [0.15, 0.2) is 17.1 Å². The fourth-order valence-corrected chi connectivity index (χ4v) is 3.25. The van der Waals surface area contributed by atoms with Crippen molar-refractivity contribution in [3.8, 4) is 17.2 Å². The maximum atomic E-state index is 12.8. The third kappa shape index (κ3) is 5.37. The van der Waals surface area contributed by atoms with Crippen molar-refractivity contribution < 1.29 is 23.0 Å². The van der Waals surface area contributed by atoms with E-state index in [9.17, 15) is 8.78 Å². The van der Waals surface area contributed by atoms with Gasteiger partial charge in [0.25, 0.3) is 0 Å². The highest BCUT2D eigenvalue weighted by atomic mass is 19.3. The molecule has 28 heavy (non-hydrogen) atoms. The van der Waals surface area contributed by atoms with Crippen LogP contribution in [0.2, 0.25) is 0 Å². The maximum absolute atomic E-state index is 12.8. The highest BCUT2D eigenvalue weighted by Gasteiger charge is 2.32. The predicted octanol–water partition coefficient (Wildman–Crippen LogP) is 2.41. The van der Waals surface area contributed by atoms with Gasteiger partial charge in [-0.15, -0.1) is 0 Å². The van der Waals surface area contributed by atoms with Crippen molar-refractivity contribution in [2.75, 3.05) is 34.0 Å². The number of nitrogens with one attached hydrogen (secondary N) is 2. The number of rotatable bonds is 9. The molecular weight excluding hydrogens is 370 g/mol. The molecule has 2 aliphatic rings. The number of alkyl halides is 2. The van der Waals surface area contributed by atoms with E-state index in [0.717, 1.165) is 6.54 Å². The van der Waals surface area contributed by atoms with Crippen LogP contribution in [0.25, 0.3) is 0 Å². The fraction of sp³-hybridized carbons (Fsp3) is 0.632. The Hall–Kier alpha value is -2.29. The first-order valence-electron chi connectivity index (χ1n) is 9.53. The fourth-order valence-electron chi connectivity index (χ4n) is 3.25. The molecule has 1 atom stereocenters. The molecule has 0 saturated heterocycles. The number of benzene rings is 1. The van der Waals surface area contributed by atoms with Crippen molar-refractivity contribution in [3.05, 3.63) is 17.7 Å². The Morgan fingerprint density at radius 1 is 1.25 bits per heavy atom. The van der Waals surface area contributed by atoms with Crippen LogP contribution in [0, 0.1) is 5.92 Å². The summed E-state index contributed by atoms with van der Waals surface area (Å²) in [6.07, 6.45) is 2.51. The number of guanidine groups is 1. The molecule has 156 valence electrons. The van der Waals surface area contributed by atoms with Crippen LogP contribution in [0.4, 0.5) is 8.78 Å². The highest BCUT2D eigenvalue weighted by Crippen LogP contribution is 2.39. The number of ether oxygens (including phenoxy) is 3. The minimum atomic E-state index is -2.92. The molecule has 1 fully saturated rings. The maximum Gasteiger partial charge on any atom is 0.387 e. The summed E-state index contributed by atoms with van der Waals surface area (Å²) < 4.78 is 40.8. The molecule has 1 saturated carbocycles. The molecule has 1 aromatic carbocycles. The summed E-state index contributed by atoms with van der Waals surface area (Å²) in [6.45, 7) is 0.758. The van der Waals surface area contributed by atoms with Gasteiger partial charge in [-0.25, -0.2) is 4.99 Å². The van der Waals surface area contributed by atoms with Crippen LogP contribution < -0.4 is 24.8 Å². The van der Waals surface area contributed by atoms with Gasteiger partial charge in [0.1, 0.15) is 5.75 Å². The average Bonchev–Trinajstić information content (AvgIpc) is 3.36. The smallest absolute Gasteiger partial charge is 0.387 e. The lowest BCUT2D eigenvalue weighted by atomic mass is 10.1. The quantitative estimate of drug-likeness (QED) is 0.492. The monoisotopic (exact) mass is 398 g/mol. The van der Waals surface area contributed by atoms with Crippen molar-refractivity contribution in [3.63, 3.8) is 0 Å². The summed E-state index contributed by atoms with van der Waals surface area (Å²) in [4.78, 5) is 6.77. The molecule has 1 heterocycles. The van der Waals surface area contributed by atoms with Gasteiger partial charge in [0.15, 0.2) is 17.5 Å². The van der Waals surface area contributed by atoms with Crippen LogP contribution in [0.3, 0.4) is 0 Å². The largest absolute Gasteiger partial charge is 0.454 e. The topological polar surface area (TPSA) is 67.4 Å². The molecule has 1 aliphatic carbocycles. The summed E-state index contributed by atoms with van der Waals surface area (Å²) in [5, 5.41) is 6.55. The van der Waals surface area contributed by atoms with Gasteiger partial charge in [0.2, 0.25) is 6.79 Å². The molecule has 3 rings (SSSR count). The van der Waals surface area contributed by atoms with Crippen molar-refractivity contribution in [1.82, 2.24) is 15.5 Å². The lowest BCUT2D eigenvalue weighted by Gasteiger charge is -2.25. The van der Waals surface area contributed by atoms with Gasteiger partial charge < -0.3 is 29.7 Å². The molecule has 0 bridgehead atoms. The zero-order chi connectivity index (χ0) is 20.1. The number of aliphatic imine (C=N–C) groups is 1. The molecule has 1 aromatic rings. The number of likely N-dealkylation sites (N-methyl/N-ethyl adjacent to an activating group) is 1. The Labute approximate surface area is 164 Å². The van der Waals surface area contributed by atoms with E-state index in [1.54, 1.807) is 6.07 Å². The van der Waals surface area contributed by atoms with E-state index in [-0.39, 0.29) is 19.1 Å². The lowest BCUT2D eigenvalue weighted by molar-refractivity contribution is -0.0505. The normalized spacial score (nSPS) is 17.2. The van der Waals surface area contributed by atoms with Gasteiger partial charge >= 0.3 is 6.61 Å². The van der Waals surface area contributed by atoms with E-state index in [1.807, 2.05) is 6.92 Å². The number of nitrogens with zero attached hydrogens (tertiary/aromatic N) is 2. The second-order valence-corrected chi connectivity index (χ2v) is 7.14. The number of fused-ring (bicyclic) bond motifs is 1. The standard InChI is InChI=1S/C19H28F2N4O3/c1-4-22-19(24-10-14(25(2)3)12-5-6-12)23-9-13-7-16-17(27-11-26-16)8-15(13)28-18(20)21/h7-8,12,14,18H,4-6,9-11H2,1-3H3,(H2,22,23,24). The van der Waals surface area contributed by atoms with Crippen LogP contribution in [0.5, 0.6) is 17.2 Å². The Bertz CT molecular complexity index is 694. The second-order valence-electron chi connectivity index (χ2n) is 7.14. The Morgan fingerprint density at radius 2 is 1.96 bits per heavy atom. The second kappa shape index (κ2) is 9.27. The molecule has 0 aromatic heterocycles. The first kappa shape index (κ1) is 20.4. The van der Waals surface area contributed by atoms with Crippen molar-refractivity contribution in [2.45, 2.75) is 39.0 Å². The van der Waals surface area contributed by atoms with Gasteiger partial charge in [-0.05, 0) is 45.8 Å². The van der Waals surface area contributed by atoms with Crippen molar-refractivity contribution in [1.29, 1.82) is 0 Å². The van der Waals surface area contributed by atoms with Crippen molar-refractivity contribution >= 4 is 5.96 Å². The van der Waals surface area contributed by atoms with E-state index in [2.05, 4.69) is 39.4 Å². The third-order valence-electron chi connectivity index (χ3n) is 4.83. The first-order chi connectivity index (χ1) is 13.5. The summed E-state index contributed by atoms with van der Waals surface area (Å²) >= 11 is 0. The third-order valence-corrected chi connectivity index (χ3v) is 4.83. The minimum Gasteiger partial charge on any atom is -0.454 e. The molecule has 9 heteroatoms. The minimum absolute atomic E-state index is 0.0444. The lowest BCUT2D eigenvalue weighted by Crippen LogP contribution is -2.46. The Kier molecular flexibility index (Phi) is 6.77. The molecule has 7 nitrogen and oxygen atoms in total. The van der Waals surface area contributed by atoms with E-state index in [1.165, 1.54) is 18.9 Å². The number of hydrogen-bond acceptors (Lipinski definition) is 5. The van der Waals surface area contributed by atoms with Crippen LogP contribution in [-0.4, -0.2) is 57.5 Å². The molecule has 1 aliphatic heterocycles. The zero-order valence-electron chi connectivity index (χ0n) is 16.5. The van der Waals surface area contributed by atoms with Gasteiger partial charge in [0, 0.05) is 30.8 Å². The SMILES string of the molecule is CCNC(=NCc1cc2c(cc1OC(F)F)OCO2)NCC(C1CC1)N(C)C. The molecule has 0 amide bonds. The number of hydrogen-bond donors (Lipinski definition) is 2. The van der Waals surface area contributed by atoms with Gasteiger partial charge in [-0.2, -0.15) is 8.78 Å². The summed E-state index contributed by atoms with van der Waals surface area (Å²) in [5.74, 6) is 2.29. The van der Waals surface area contributed by atoms with Crippen LogP contribution in [-0.2, 0) is 6.54 Å². The van der Waals surface area contributed by atoms with Crippen LogP contribution >= 0.6 is 0 Å². The van der Waals surface area contributed by atoms with Gasteiger partial charge in [-0.1, -0.05) is 0 Å². The Morgan fingerprint density at radius 3 is 2.57 bits per heavy atom.